The van der Waals surface area contributed by atoms with Crippen LogP contribution < -0.4 is 16.4 Å². The molecule has 3 amide bonds. The number of nitrogens with zero attached hydrogens (tertiary/aromatic N) is 1. The van der Waals surface area contributed by atoms with E-state index in [4.69, 9.17) is 10.8 Å². The van der Waals surface area contributed by atoms with E-state index in [1.165, 1.54) is 18.5 Å². The smallest absolute Gasteiger partial charge is 0.337 e. The lowest BCUT2D eigenvalue weighted by molar-refractivity contribution is -0.118. The summed E-state index contributed by atoms with van der Waals surface area (Å²) in [6, 6.07) is 0.843. The SMILES string of the molecule is NC(=O)CCCCNC(=O)Nc1cncc(C(=O)O)c1. The number of aromatic nitrogens is 1. The molecule has 8 heteroatoms. The molecule has 5 N–H and O–H groups in total. The Morgan fingerprint density at radius 1 is 1.25 bits per heavy atom. The molecule has 0 aliphatic carbocycles. The predicted octanol–water partition coefficient (Wildman–Crippen LogP) is 0.557. The number of aromatic carboxylic acids is 1. The van der Waals surface area contributed by atoms with Gasteiger partial charge in [0.05, 0.1) is 17.4 Å². The van der Waals surface area contributed by atoms with Crippen LogP contribution in [0.1, 0.15) is 29.6 Å². The number of nitrogens with two attached hydrogens (primary N) is 1. The molecule has 0 saturated carbocycles. The normalized spacial score (nSPS) is 9.80. The van der Waals surface area contributed by atoms with Gasteiger partial charge in [-0.1, -0.05) is 0 Å². The molecule has 0 aliphatic heterocycles. The number of primary amides is 1. The van der Waals surface area contributed by atoms with Crippen molar-refractivity contribution in [1.29, 1.82) is 0 Å². The van der Waals surface area contributed by atoms with Crippen LogP contribution in [0.2, 0.25) is 0 Å². The second kappa shape index (κ2) is 7.72. The highest BCUT2D eigenvalue weighted by atomic mass is 16.4. The first-order chi connectivity index (χ1) is 9.49. The van der Waals surface area contributed by atoms with E-state index in [2.05, 4.69) is 15.6 Å². The van der Waals surface area contributed by atoms with E-state index < -0.39 is 12.0 Å². The summed E-state index contributed by atoms with van der Waals surface area (Å²) in [6.45, 7) is 0.394. The van der Waals surface area contributed by atoms with Crippen molar-refractivity contribution < 1.29 is 19.5 Å². The molecule has 1 rings (SSSR count). The Labute approximate surface area is 115 Å². The molecule has 108 valence electrons. The van der Waals surface area contributed by atoms with Gasteiger partial charge in [-0.3, -0.25) is 9.78 Å². The van der Waals surface area contributed by atoms with Gasteiger partial charge in [0.25, 0.3) is 0 Å². The molecule has 8 nitrogen and oxygen atoms in total. The second-order valence-corrected chi connectivity index (χ2v) is 4.07. The zero-order chi connectivity index (χ0) is 15.0. The summed E-state index contributed by atoms with van der Waals surface area (Å²) >= 11 is 0. The highest BCUT2D eigenvalue weighted by molar-refractivity contribution is 5.92. The monoisotopic (exact) mass is 280 g/mol. The van der Waals surface area contributed by atoms with Crippen molar-refractivity contribution in [3.8, 4) is 0 Å². The van der Waals surface area contributed by atoms with Crippen LogP contribution in [-0.2, 0) is 4.79 Å². The topological polar surface area (TPSA) is 134 Å². The van der Waals surface area contributed by atoms with Crippen molar-refractivity contribution >= 4 is 23.6 Å². The summed E-state index contributed by atoms with van der Waals surface area (Å²) in [5.41, 5.74) is 5.26. The van der Waals surface area contributed by atoms with Gasteiger partial charge >= 0.3 is 12.0 Å². The number of carboxylic acids is 1. The number of carbonyl (C=O) groups is 3. The standard InChI is InChI=1S/C12H16N4O4/c13-10(17)3-1-2-4-15-12(20)16-9-5-8(11(18)19)6-14-7-9/h5-7H,1-4H2,(H2,13,17)(H,18,19)(H2,15,16,20). The van der Waals surface area contributed by atoms with Crippen LogP contribution in [0.25, 0.3) is 0 Å². The van der Waals surface area contributed by atoms with Gasteiger partial charge < -0.3 is 21.5 Å². The van der Waals surface area contributed by atoms with Crippen molar-refractivity contribution in [2.45, 2.75) is 19.3 Å². The number of anilines is 1. The number of urea groups is 1. The lowest BCUT2D eigenvalue weighted by Gasteiger charge is -2.07. The van der Waals surface area contributed by atoms with E-state index >= 15 is 0 Å². The number of unbranched alkanes of at least 4 members (excludes halogenated alkanes) is 1. The summed E-state index contributed by atoms with van der Waals surface area (Å²) in [4.78, 5) is 36.4. The van der Waals surface area contributed by atoms with Crippen LogP contribution in [0.3, 0.4) is 0 Å². The second-order valence-electron chi connectivity index (χ2n) is 4.07. The molecule has 0 atom stereocenters. The van der Waals surface area contributed by atoms with Crippen molar-refractivity contribution in [3.05, 3.63) is 24.0 Å². The molecule has 1 heterocycles. The summed E-state index contributed by atoms with van der Waals surface area (Å²) in [7, 11) is 0. The average Bonchev–Trinajstić information content (AvgIpc) is 2.38. The van der Waals surface area contributed by atoms with Crippen molar-refractivity contribution in [1.82, 2.24) is 10.3 Å². The van der Waals surface area contributed by atoms with E-state index in [-0.39, 0.29) is 17.9 Å². The fourth-order valence-electron chi connectivity index (χ4n) is 1.43. The summed E-state index contributed by atoms with van der Waals surface area (Å²) in [5, 5.41) is 13.8. The molecule has 0 aromatic carbocycles. The van der Waals surface area contributed by atoms with Crippen LogP contribution in [-0.4, -0.2) is 34.5 Å². The minimum absolute atomic E-state index is 0.00995. The molecule has 0 unspecified atom stereocenters. The highest BCUT2D eigenvalue weighted by Crippen LogP contribution is 2.08. The lowest BCUT2D eigenvalue weighted by Crippen LogP contribution is -2.29. The number of nitrogens with one attached hydrogen (secondary N) is 2. The Bertz CT molecular complexity index is 504. The maximum atomic E-state index is 11.5. The zero-order valence-electron chi connectivity index (χ0n) is 10.8. The maximum Gasteiger partial charge on any atom is 0.337 e. The fraction of sp³-hybridized carbons (Fsp3) is 0.333. The minimum atomic E-state index is -1.12. The third-order valence-electron chi connectivity index (χ3n) is 2.38. The van der Waals surface area contributed by atoms with Crippen LogP contribution in [0.15, 0.2) is 18.5 Å². The Morgan fingerprint density at radius 3 is 2.65 bits per heavy atom. The summed E-state index contributed by atoms with van der Waals surface area (Å²) in [5.74, 6) is -1.49. The van der Waals surface area contributed by atoms with E-state index in [9.17, 15) is 14.4 Å². The Kier molecular flexibility index (Phi) is 5.95. The maximum absolute atomic E-state index is 11.5. The third kappa shape index (κ3) is 5.80. The average molecular weight is 280 g/mol. The first-order valence-electron chi connectivity index (χ1n) is 6.00. The summed E-state index contributed by atoms with van der Waals surface area (Å²) < 4.78 is 0. The molecule has 1 aromatic heterocycles. The van der Waals surface area contributed by atoms with Crippen molar-refractivity contribution in [2.75, 3.05) is 11.9 Å². The number of carboxylic acid groups (broad SMARTS) is 1. The van der Waals surface area contributed by atoms with Gasteiger partial charge in [-0.25, -0.2) is 9.59 Å². The quantitative estimate of drug-likeness (QED) is 0.541. The van der Waals surface area contributed by atoms with Gasteiger partial charge in [-0.15, -0.1) is 0 Å². The number of amides is 3. The zero-order valence-corrected chi connectivity index (χ0v) is 10.8. The lowest BCUT2D eigenvalue weighted by atomic mass is 10.2. The Hall–Kier alpha value is -2.64. The summed E-state index contributed by atoms with van der Waals surface area (Å²) in [6.07, 6.45) is 4.05. The molecular weight excluding hydrogens is 264 g/mol. The van der Waals surface area contributed by atoms with Gasteiger partial charge in [0.2, 0.25) is 5.91 Å². The molecule has 1 aromatic rings. The van der Waals surface area contributed by atoms with E-state index in [0.717, 1.165) is 0 Å². The van der Waals surface area contributed by atoms with Gasteiger partial charge in [0.15, 0.2) is 0 Å². The van der Waals surface area contributed by atoms with Gasteiger partial charge in [-0.05, 0) is 18.9 Å². The number of pyridine rings is 1. The van der Waals surface area contributed by atoms with Crippen LogP contribution in [0, 0.1) is 0 Å². The van der Waals surface area contributed by atoms with Crippen LogP contribution in [0.5, 0.6) is 0 Å². The molecule has 0 saturated heterocycles. The number of hydrogen-bond donors (Lipinski definition) is 4. The van der Waals surface area contributed by atoms with Gasteiger partial charge in [-0.2, -0.15) is 0 Å². The molecule has 0 spiro atoms. The molecular formula is C12H16N4O4. The Morgan fingerprint density at radius 2 is 2.00 bits per heavy atom. The molecule has 0 radical (unpaired) electrons. The third-order valence-corrected chi connectivity index (χ3v) is 2.38. The Balaban J connectivity index is 2.33. The first-order valence-corrected chi connectivity index (χ1v) is 6.00. The fourth-order valence-corrected chi connectivity index (χ4v) is 1.43. The number of hydrogen-bond acceptors (Lipinski definition) is 4. The minimum Gasteiger partial charge on any atom is -0.478 e. The van der Waals surface area contributed by atoms with Gasteiger partial charge in [0.1, 0.15) is 0 Å². The van der Waals surface area contributed by atoms with Crippen LogP contribution >= 0.6 is 0 Å². The van der Waals surface area contributed by atoms with Crippen LogP contribution in [0.4, 0.5) is 10.5 Å². The molecule has 0 aliphatic rings. The first kappa shape index (κ1) is 15.4. The van der Waals surface area contributed by atoms with E-state index in [0.29, 0.717) is 25.1 Å². The molecule has 0 fully saturated rings. The van der Waals surface area contributed by atoms with Gasteiger partial charge in [0, 0.05) is 19.2 Å². The molecule has 0 bridgehead atoms. The highest BCUT2D eigenvalue weighted by Gasteiger charge is 2.06. The number of carbonyl (C=O) groups excluding carboxylic acids is 2. The van der Waals surface area contributed by atoms with Crippen molar-refractivity contribution in [3.63, 3.8) is 0 Å². The number of rotatable bonds is 7. The predicted molar refractivity (Wildman–Crippen MR) is 71.3 cm³/mol. The molecule has 20 heavy (non-hydrogen) atoms. The largest absolute Gasteiger partial charge is 0.478 e. The van der Waals surface area contributed by atoms with E-state index in [1.54, 1.807) is 0 Å². The van der Waals surface area contributed by atoms with Crippen molar-refractivity contribution in [2.24, 2.45) is 5.73 Å². The van der Waals surface area contributed by atoms with E-state index in [1.807, 2.05) is 0 Å².